The van der Waals surface area contributed by atoms with Crippen molar-refractivity contribution in [2.45, 2.75) is 71.0 Å². The predicted octanol–water partition coefficient (Wildman–Crippen LogP) is 6.38. The van der Waals surface area contributed by atoms with Crippen molar-refractivity contribution < 1.29 is 18.7 Å². The third kappa shape index (κ3) is 6.78. The largest absolute Gasteiger partial charge is 0.494 e. The van der Waals surface area contributed by atoms with Crippen LogP contribution in [0.25, 0.3) is 0 Å². The van der Waals surface area contributed by atoms with Crippen LogP contribution in [0.1, 0.15) is 64.7 Å². The smallest absolute Gasteiger partial charge is 0.337 e. The minimum atomic E-state index is -1.77. The Labute approximate surface area is 172 Å². The van der Waals surface area contributed by atoms with Crippen LogP contribution in [-0.2, 0) is 9.16 Å². The maximum Gasteiger partial charge on any atom is 0.337 e. The van der Waals surface area contributed by atoms with Crippen LogP contribution in [0.2, 0.25) is 16.6 Å². The van der Waals surface area contributed by atoms with E-state index in [4.69, 9.17) is 9.16 Å². The Hall–Kier alpha value is -1.59. The highest BCUT2D eigenvalue weighted by atomic mass is 28.4. The number of unbranched alkanes of at least 4 members (excludes halogenated alkanes) is 1. The summed E-state index contributed by atoms with van der Waals surface area (Å²) in [6.07, 6.45) is 6.24. The molecule has 0 spiro atoms. The molecule has 0 atom stereocenters. The molecule has 0 heterocycles. The second kappa shape index (κ2) is 12.1. The van der Waals surface area contributed by atoms with E-state index in [2.05, 4.69) is 58.4 Å². The van der Waals surface area contributed by atoms with Crippen LogP contribution >= 0.6 is 0 Å². The van der Waals surface area contributed by atoms with Crippen molar-refractivity contribution in [2.24, 2.45) is 0 Å². The van der Waals surface area contributed by atoms with Gasteiger partial charge >= 0.3 is 5.97 Å². The maximum absolute atomic E-state index is 11.4. The van der Waals surface area contributed by atoms with E-state index in [1.54, 1.807) is 24.3 Å². The number of hydrogen-bond acceptors (Lipinski definition) is 4. The fourth-order valence-electron chi connectivity index (χ4n) is 4.07. The molecule has 0 aliphatic carbocycles. The molecule has 0 radical (unpaired) electrons. The number of esters is 1. The maximum atomic E-state index is 11.4. The van der Waals surface area contributed by atoms with E-state index in [0.29, 0.717) is 35.4 Å². The average Bonchev–Trinajstić information content (AvgIpc) is 2.65. The third-order valence-corrected chi connectivity index (χ3v) is 11.4. The van der Waals surface area contributed by atoms with Gasteiger partial charge in [-0.2, -0.15) is 0 Å². The van der Waals surface area contributed by atoms with Gasteiger partial charge in [0.2, 0.25) is 8.32 Å². The summed E-state index contributed by atoms with van der Waals surface area (Å²) in [7, 11) is -0.395. The lowest BCUT2D eigenvalue weighted by molar-refractivity contribution is 0.0600. The molecule has 0 aromatic heterocycles. The highest BCUT2D eigenvalue weighted by Crippen LogP contribution is 2.42. The lowest BCUT2D eigenvalue weighted by atomic mass is 10.2. The standard InChI is InChI=1S/C23H38O4Si/c1-18(2)28(19(3)4,20(5)6)27-17-11-9-8-10-16-26-22-14-12-21(13-15-22)23(24)25-7/h9,11-15,18-20H,8,10,16-17H2,1-7H3/b11-9+. The van der Waals surface area contributed by atoms with Crippen molar-refractivity contribution in [1.29, 1.82) is 0 Å². The molecular formula is C23H38O4Si. The SMILES string of the molecule is COC(=O)c1ccc(OCCC/C=C/CO[Si](C(C)C)(C(C)C)C(C)C)cc1. The van der Waals surface area contributed by atoms with E-state index in [9.17, 15) is 4.79 Å². The molecule has 1 rings (SSSR count). The van der Waals surface area contributed by atoms with Crippen LogP contribution in [0.15, 0.2) is 36.4 Å². The molecule has 0 amide bonds. The summed E-state index contributed by atoms with van der Waals surface area (Å²) in [6.45, 7) is 15.2. The summed E-state index contributed by atoms with van der Waals surface area (Å²) in [5.74, 6) is 0.430. The van der Waals surface area contributed by atoms with Gasteiger partial charge in [-0.3, -0.25) is 0 Å². The number of benzene rings is 1. The third-order valence-electron chi connectivity index (χ3n) is 5.36. The Kier molecular flexibility index (Phi) is 10.5. The van der Waals surface area contributed by atoms with Crippen LogP contribution in [0, 0.1) is 0 Å². The first-order chi connectivity index (χ1) is 13.3. The van der Waals surface area contributed by atoms with E-state index < -0.39 is 8.32 Å². The molecule has 28 heavy (non-hydrogen) atoms. The Morgan fingerprint density at radius 3 is 2.04 bits per heavy atom. The van der Waals surface area contributed by atoms with Crippen LogP contribution < -0.4 is 4.74 Å². The monoisotopic (exact) mass is 406 g/mol. The molecule has 0 aliphatic rings. The lowest BCUT2D eigenvalue weighted by Crippen LogP contribution is -2.47. The molecule has 0 saturated carbocycles. The zero-order valence-corrected chi connectivity index (χ0v) is 19.7. The van der Waals surface area contributed by atoms with E-state index in [1.807, 2.05) is 0 Å². The van der Waals surface area contributed by atoms with E-state index in [1.165, 1.54) is 7.11 Å². The van der Waals surface area contributed by atoms with Gasteiger partial charge < -0.3 is 13.9 Å². The molecule has 0 bridgehead atoms. The van der Waals surface area contributed by atoms with Gasteiger partial charge in [0.25, 0.3) is 0 Å². The first-order valence-electron chi connectivity index (χ1n) is 10.4. The number of ether oxygens (including phenoxy) is 2. The number of allylic oxidation sites excluding steroid dienone is 1. The van der Waals surface area contributed by atoms with Gasteiger partial charge in [0.15, 0.2) is 0 Å². The molecule has 1 aromatic rings. The van der Waals surface area contributed by atoms with Gasteiger partial charge in [-0.25, -0.2) is 4.79 Å². The molecule has 0 saturated heterocycles. The summed E-state index contributed by atoms with van der Waals surface area (Å²) in [6, 6.07) is 7.02. The summed E-state index contributed by atoms with van der Waals surface area (Å²) in [5.41, 5.74) is 2.36. The fourth-order valence-corrected chi connectivity index (χ4v) is 9.46. The van der Waals surface area contributed by atoms with Gasteiger partial charge in [-0.1, -0.05) is 53.7 Å². The molecule has 1 aromatic carbocycles. The quantitative estimate of drug-likeness (QED) is 0.175. The molecule has 0 fully saturated rings. The number of carbonyl (C=O) groups is 1. The Morgan fingerprint density at radius 2 is 1.54 bits per heavy atom. The topological polar surface area (TPSA) is 44.8 Å². The molecule has 4 nitrogen and oxygen atoms in total. The van der Waals surface area contributed by atoms with Gasteiger partial charge in [0.05, 0.1) is 25.9 Å². The highest BCUT2D eigenvalue weighted by molar-refractivity contribution is 6.77. The van der Waals surface area contributed by atoms with Crippen molar-refractivity contribution in [1.82, 2.24) is 0 Å². The van der Waals surface area contributed by atoms with Crippen molar-refractivity contribution in [2.75, 3.05) is 20.3 Å². The zero-order valence-electron chi connectivity index (χ0n) is 18.7. The summed E-state index contributed by atoms with van der Waals surface area (Å²) >= 11 is 0. The van der Waals surface area contributed by atoms with E-state index in [-0.39, 0.29) is 5.97 Å². The summed E-state index contributed by atoms with van der Waals surface area (Å²) < 4.78 is 16.9. The summed E-state index contributed by atoms with van der Waals surface area (Å²) in [5, 5.41) is 0. The Balaban J connectivity index is 2.34. The number of methoxy groups -OCH3 is 1. The molecule has 0 unspecified atom stereocenters. The van der Waals surface area contributed by atoms with Crippen molar-refractivity contribution in [3.63, 3.8) is 0 Å². The van der Waals surface area contributed by atoms with Gasteiger partial charge in [0.1, 0.15) is 5.75 Å². The summed E-state index contributed by atoms with van der Waals surface area (Å²) in [4.78, 5) is 11.4. The van der Waals surface area contributed by atoms with Crippen molar-refractivity contribution >= 4 is 14.3 Å². The molecule has 0 aliphatic heterocycles. The van der Waals surface area contributed by atoms with Crippen LogP contribution in [0.3, 0.4) is 0 Å². The highest BCUT2D eigenvalue weighted by Gasteiger charge is 2.44. The average molecular weight is 407 g/mol. The van der Waals surface area contributed by atoms with E-state index in [0.717, 1.165) is 18.6 Å². The van der Waals surface area contributed by atoms with Gasteiger partial charge in [0, 0.05) is 0 Å². The first-order valence-corrected chi connectivity index (χ1v) is 12.5. The Bertz CT molecular complexity index is 584. The number of hydrogen-bond donors (Lipinski definition) is 0. The predicted molar refractivity (Wildman–Crippen MR) is 119 cm³/mol. The minimum absolute atomic E-state index is 0.335. The zero-order chi connectivity index (χ0) is 21.2. The molecule has 5 heteroatoms. The molecular weight excluding hydrogens is 368 g/mol. The Morgan fingerprint density at radius 1 is 0.964 bits per heavy atom. The second-order valence-electron chi connectivity index (χ2n) is 8.11. The lowest BCUT2D eigenvalue weighted by Gasteiger charge is -2.41. The van der Waals surface area contributed by atoms with Gasteiger partial charge in [-0.15, -0.1) is 0 Å². The van der Waals surface area contributed by atoms with Gasteiger partial charge in [-0.05, 0) is 53.7 Å². The molecule has 158 valence electrons. The van der Waals surface area contributed by atoms with Crippen LogP contribution in [0.5, 0.6) is 5.75 Å². The fraction of sp³-hybridized carbons (Fsp3) is 0.609. The van der Waals surface area contributed by atoms with E-state index >= 15 is 0 Å². The number of rotatable bonds is 12. The van der Waals surface area contributed by atoms with Crippen LogP contribution in [-0.4, -0.2) is 34.6 Å². The number of carbonyl (C=O) groups excluding carboxylic acids is 1. The van der Waals surface area contributed by atoms with Crippen LogP contribution in [0.4, 0.5) is 0 Å². The van der Waals surface area contributed by atoms with Crippen molar-refractivity contribution in [3.8, 4) is 5.75 Å². The van der Waals surface area contributed by atoms with Crippen molar-refractivity contribution in [3.05, 3.63) is 42.0 Å². The minimum Gasteiger partial charge on any atom is -0.494 e. The molecule has 0 N–H and O–H groups in total. The second-order valence-corrected chi connectivity index (χ2v) is 13.6. The first kappa shape index (κ1) is 24.4. The normalized spacial score (nSPS) is 12.4.